The van der Waals surface area contributed by atoms with Crippen LogP contribution in [-0.2, 0) is 9.59 Å². The molecule has 4 nitrogen and oxygen atoms in total. The fraction of sp³-hybridized carbons (Fsp3) is 0.833. The summed E-state index contributed by atoms with van der Waals surface area (Å²) >= 11 is 0. The molecule has 0 bridgehead atoms. The van der Waals surface area contributed by atoms with Crippen molar-refractivity contribution in [2.75, 3.05) is 0 Å². The summed E-state index contributed by atoms with van der Waals surface area (Å²) in [6, 6.07) is 0. The van der Waals surface area contributed by atoms with Crippen LogP contribution in [-0.4, -0.2) is 22.2 Å². The molecule has 0 heterocycles. The highest BCUT2D eigenvalue weighted by molar-refractivity contribution is 5.82. The number of aliphatic carboxylic acids is 2. The third-order valence-corrected chi connectivity index (χ3v) is 3.68. The minimum Gasteiger partial charge on any atom is -0.481 e. The van der Waals surface area contributed by atoms with Crippen molar-refractivity contribution >= 4 is 11.9 Å². The van der Waals surface area contributed by atoms with Gasteiger partial charge in [0, 0.05) is 0 Å². The van der Waals surface area contributed by atoms with Gasteiger partial charge in [-0.1, -0.05) is 33.6 Å². The van der Waals surface area contributed by atoms with Crippen LogP contribution in [0.4, 0.5) is 0 Å². The van der Waals surface area contributed by atoms with E-state index in [1.54, 1.807) is 0 Å². The fourth-order valence-electron chi connectivity index (χ4n) is 1.90. The van der Waals surface area contributed by atoms with E-state index in [4.69, 9.17) is 5.11 Å². The van der Waals surface area contributed by atoms with Gasteiger partial charge in [-0.05, 0) is 19.3 Å². The Balaban J connectivity index is 4.96. The van der Waals surface area contributed by atoms with Crippen LogP contribution in [0.2, 0.25) is 0 Å². The molecular formula is C12H22O4. The summed E-state index contributed by atoms with van der Waals surface area (Å²) < 4.78 is 0. The molecule has 2 N–H and O–H groups in total. The first kappa shape index (κ1) is 14.9. The van der Waals surface area contributed by atoms with Gasteiger partial charge < -0.3 is 10.2 Å². The Morgan fingerprint density at radius 2 is 1.62 bits per heavy atom. The van der Waals surface area contributed by atoms with Crippen molar-refractivity contribution in [3.8, 4) is 0 Å². The van der Waals surface area contributed by atoms with Gasteiger partial charge in [0.25, 0.3) is 0 Å². The Bertz CT molecular complexity index is 258. The van der Waals surface area contributed by atoms with Crippen LogP contribution < -0.4 is 0 Å². The third kappa shape index (κ3) is 3.22. The SMILES string of the molecule is CCC(CC)CC(C)(C(=O)O)C(C)C(=O)O. The molecule has 2 unspecified atom stereocenters. The molecule has 0 fully saturated rings. The van der Waals surface area contributed by atoms with Crippen molar-refractivity contribution in [2.45, 2.75) is 47.0 Å². The molecule has 0 saturated carbocycles. The van der Waals surface area contributed by atoms with E-state index in [0.29, 0.717) is 6.42 Å². The topological polar surface area (TPSA) is 74.6 Å². The standard InChI is InChI=1S/C12H22O4/c1-5-9(6-2)7-12(4,11(15)16)8(3)10(13)14/h8-9H,5-7H2,1-4H3,(H,13,14)(H,15,16). The third-order valence-electron chi connectivity index (χ3n) is 3.68. The molecule has 0 aromatic rings. The van der Waals surface area contributed by atoms with E-state index in [1.807, 2.05) is 13.8 Å². The zero-order valence-electron chi connectivity index (χ0n) is 10.5. The first-order valence-electron chi connectivity index (χ1n) is 5.75. The average molecular weight is 230 g/mol. The second kappa shape index (κ2) is 5.87. The predicted molar refractivity (Wildman–Crippen MR) is 61.2 cm³/mol. The molecule has 0 aromatic carbocycles. The number of hydrogen-bond donors (Lipinski definition) is 2. The molecule has 94 valence electrons. The molecule has 0 aliphatic rings. The zero-order valence-corrected chi connectivity index (χ0v) is 10.5. The summed E-state index contributed by atoms with van der Waals surface area (Å²) in [6.45, 7) is 7.01. The molecule has 4 heteroatoms. The van der Waals surface area contributed by atoms with E-state index in [1.165, 1.54) is 13.8 Å². The van der Waals surface area contributed by atoms with Crippen molar-refractivity contribution in [2.24, 2.45) is 17.3 Å². The van der Waals surface area contributed by atoms with Crippen molar-refractivity contribution in [1.29, 1.82) is 0 Å². The minimum atomic E-state index is -1.18. The molecule has 0 aliphatic heterocycles. The number of carbonyl (C=O) groups is 2. The largest absolute Gasteiger partial charge is 0.481 e. The van der Waals surface area contributed by atoms with Crippen molar-refractivity contribution in [3.05, 3.63) is 0 Å². The lowest BCUT2D eigenvalue weighted by molar-refractivity contribution is -0.162. The van der Waals surface area contributed by atoms with Crippen molar-refractivity contribution in [3.63, 3.8) is 0 Å². The highest BCUT2D eigenvalue weighted by atomic mass is 16.4. The van der Waals surface area contributed by atoms with Crippen molar-refractivity contribution in [1.82, 2.24) is 0 Å². The second-order valence-electron chi connectivity index (χ2n) is 4.67. The monoisotopic (exact) mass is 230 g/mol. The second-order valence-corrected chi connectivity index (χ2v) is 4.67. The van der Waals surface area contributed by atoms with Gasteiger partial charge in [-0.15, -0.1) is 0 Å². The van der Waals surface area contributed by atoms with Crippen LogP contribution in [0.3, 0.4) is 0 Å². The first-order chi connectivity index (χ1) is 7.29. The molecule has 0 spiro atoms. The summed E-state index contributed by atoms with van der Waals surface area (Å²) in [5.41, 5.74) is -1.18. The number of carboxylic acids is 2. The van der Waals surface area contributed by atoms with Crippen LogP contribution in [0.25, 0.3) is 0 Å². The number of hydrogen-bond acceptors (Lipinski definition) is 2. The molecular weight excluding hydrogens is 208 g/mol. The van der Waals surface area contributed by atoms with Crippen LogP contribution in [0, 0.1) is 17.3 Å². The van der Waals surface area contributed by atoms with Crippen LogP contribution in [0.5, 0.6) is 0 Å². The summed E-state index contributed by atoms with van der Waals surface area (Å²) in [4.78, 5) is 22.2. The lowest BCUT2D eigenvalue weighted by Crippen LogP contribution is -2.40. The van der Waals surface area contributed by atoms with Gasteiger partial charge in [-0.3, -0.25) is 9.59 Å². The fourth-order valence-corrected chi connectivity index (χ4v) is 1.90. The highest BCUT2D eigenvalue weighted by Gasteiger charge is 2.43. The van der Waals surface area contributed by atoms with E-state index < -0.39 is 23.3 Å². The van der Waals surface area contributed by atoms with Crippen molar-refractivity contribution < 1.29 is 19.8 Å². The molecule has 0 amide bonds. The summed E-state index contributed by atoms with van der Waals surface area (Å²) in [6.07, 6.45) is 2.18. The average Bonchev–Trinajstić information content (AvgIpc) is 2.23. The lowest BCUT2D eigenvalue weighted by Gasteiger charge is -2.32. The molecule has 2 atom stereocenters. The maximum atomic E-state index is 11.3. The minimum absolute atomic E-state index is 0.267. The highest BCUT2D eigenvalue weighted by Crippen LogP contribution is 2.37. The van der Waals surface area contributed by atoms with E-state index in [2.05, 4.69) is 0 Å². The Morgan fingerprint density at radius 1 is 1.19 bits per heavy atom. The Hall–Kier alpha value is -1.06. The smallest absolute Gasteiger partial charge is 0.310 e. The van der Waals surface area contributed by atoms with Crippen LogP contribution in [0.15, 0.2) is 0 Å². The summed E-state index contributed by atoms with van der Waals surface area (Å²) in [5.74, 6) is -2.67. The molecule has 0 rings (SSSR count). The van der Waals surface area contributed by atoms with E-state index >= 15 is 0 Å². The van der Waals surface area contributed by atoms with E-state index in [-0.39, 0.29) is 5.92 Å². The predicted octanol–water partition coefficient (Wildman–Crippen LogP) is 2.62. The van der Waals surface area contributed by atoms with Gasteiger partial charge in [0.05, 0.1) is 11.3 Å². The van der Waals surface area contributed by atoms with Gasteiger partial charge in [0.2, 0.25) is 0 Å². The zero-order chi connectivity index (χ0) is 12.9. The van der Waals surface area contributed by atoms with Gasteiger partial charge in [0.15, 0.2) is 0 Å². The van der Waals surface area contributed by atoms with Gasteiger partial charge in [-0.2, -0.15) is 0 Å². The molecule has 0 radical (unpaired) electrons. The van der Waals surface area contributed by atoms with E-state index in [9.17, 15) is 14.7 Å². The normalized spacial score (nSPS) is 16.8. The van der Waals surface area contributed by atoms with E-state index in [0.717, 1.165) is 12.8 Å². The van der Waals surface area contributed by atoms with Gasteiger partial charge >= 0.3 is 11.9 Å². The summed E-state index contributed by atoms with van der Waals surface area (Å²) in [5, 5.41) is 18.2. The van der Waals surface area contributed by atoms with Crippen LogP contribution >= 0.6 is 0 Å². The maximum Gasteiger partial charge on any atom is 0.310 e. The molecule has 0 saturated heterocycles. The summed E-state index contributed by atoms with van der Waals surface area (Å²) in [7, 11) is 0. The number of carboxylic acid groups (broad SMARTS) is 2. The molecule has 0 aliphatic carbocycles. The quantitative estimate of drug-likeness (QED) is 0.705. The Labute approximate surface area is 96.7 Å². The maximum absolute atomic E-state index is 11.3. The number of rotatable bonds is 7. The lowest BCUT2D eigenvalue weighted by atomic mass is 9.71. The molecule has 0 aromatic heterocycles. The van der Waals surface area contributed by atoms with Crippen LogP contribution in [0.1, 0.15) is 47.0 Å². The Kier molecular flexibility index (Phi) is 5.48. The van der Waals surface area contributed by atoms with Gasteiger partial charge in [0.1, 0.15) is 0 Å². The van der Waals surface area contributed by atoms with Gasteiger partial charge in [-0.25, -0.2) is 0 Å². The molecule has 16 heavy (non-hydrogen) atoms. The first-order valence-corrected chi connectivity index (χ1v) is 5.75. The Morgan fingerprint density at radius 3 is 1.88 bits per heavy atom.